The third-order valence-corrected chi connectivity index (χ3v) is 2.73. The molecule has 6 heteroatoms. The van der Waals surface area contributed by atoms with Crippen molar-refractivity contribution in [2.45, 2.75) is 0 Å². The first-order valence-electron chi connectivity index (χ1n) is 4.86. The summed E-state index contributed by atoms with van der Waals surface area (Å²) in [5.74, 6) is -0.305. The lowest BCUT2D eigenvalue weighted by Gasteiger charge is -1.97. The Morgan fingerprint density at radius 3 is 3.00 bits per heavy atom. The molecule has 3 rings (SSSR count). The van der Waals surface area contributed by atoms with Crippen molar-refractivity contribution in [3.63, 3.8) is 0 Å². The number of rotatable bonds is 1. The van der Waals surface area contributed by atoms with Crippen LogP contribution in [0.3, 0.4) is 0 Å². The first-order valence-corrected chi connectivity index (χ1v) is 5.66. The van der Waals surface area contributed by atoms with Crippen molar-refractivity contribution < 1.29 is 4.39 Å². The van der Waals surface area contributed by atoms with Gasteiger partial charge in [-0.1, -0.05) is 17.3 Å². The monoisotopic (exact) mass is 292 g/mol. The zero-order chi connectivity index (χ0) is 11.8. The Morgan fingerprint density at radius 2 is 2.18 bits per heavy atom. The lowest BCUT2D eigenvalue weighted by atomic mass is 10.1. The zero-order valence-electron chi connectivity index (χ0n) is 8.51. The molecular formula is C11H6BrFN4. The lowest BCUT2D eigenvalue weighted by molar-refractivity contribution is 0.628. The van der Waals surface area contributed by atoms with Crippen molar-refractivity contribution in [2.24, 2.45) is 0 Å². The van der Waals surface area contributed by atoms with E-state index in [0.29, 0.717) is 16.9 Å². The first-order chi connectivity index (χ1) is 8.24. The molecule has 84 valence electrons. The molecule has 4 nitrogen and oxygen atoms in total. The minimum absolute atomic E-state index is 0.305. The van der Waals surface area contributed by atoms with E-state index in [1.165, 1.54) is 12.1 Å². The van der Waals surface area contributed by atoms with Gasteiger partial charge < -0.3 is 0 Å². The highest BCUT2D eigenvalue weighted by atomic mass is 79.9. The number of benzene rings is 1. The van der Waals surface area contributed by atoms with E-state index < -0.39 is 0 Å². The van der Waals surface area contributed by atoms with Gasteiger partial charge in [0.15, 0.2) is 5.65 Å². The number of nitrogens with zero attached hydrogens (tertiary/aromatic N) is 4. The molecular weight excluding hydrogens is 287 g/mol. The fourth-order valence-corrected chi connectivity index (χ4v) is 1.89. The molecule has 0 spiro atoms. The SMILES string of the molecule is Fc1cccc(-c2nnn3cc(Br)cnc23)c1. The normalized spacial score (nSPS) is 10.9. The van der Waals surface area contributed by atoms with Gasteiger partial charge in [-0.05, 0) is 28.1 Å². The lowest BCUT2D eigenvalue weighted by Crippen LogP contribution is -1.89. The summed E-state index contributed by atoms with van der Waals surface area (Å²) in [5.41, 5.74) is 1.82. The fourth-order valence-electron chi connectivity index (χ4n) is 1.59. The summed E-state index contributed by atoms with van der Waals surface area (Å²) in [7, 11) is 0. The van der Waals surface area contributed by atoms with Gasteiger partial charge in [-0.25, -0.2) is 13.9 Å². The quantitative estimate of drug-likeness (QED) is 0.693. The third kappa shape index (κ3) is 1.80. The van der Waals surface area contributed by atoms with Crippen LogP contribution < -0.4 is 0 Å². The largest absolute Gasteiger partial charge is 0.234 e. The molecule has 0 fully saturated rings. The van der Waals surface area contributed by atoms with Gasteiger partial charge in [0, 0.05) is 18.0 Å². The maximum atomic E-state index is 13.1. The van der Waals surface area contributed by atoms with E-state index in [-0.39, 0.29) is 5.82 Å². The van der Waals surface area contributed by atoms with Crippen molar-refractivity contribution in [1.29, 1.82) is 0 Å². The number of aromatic nitrogens is 4. The first kappa shape index (κ1) is 10.3. The Morgan fingerprint density at radius 1 is 1.29 bits per heavy atom. The average molecular weight is 293 g/mol. The van der Waals surface area contributed by atoms with Crippen LogP contribution in [0.15, 0.2) is 41.1 Å². The van der Waals surface area contributed by atoms with Crippen molar-refractivity contribution in [3.05, 3.63) is 46.9 Å². The number of fused-ring (bicyclic) bond motifs is 1. The molecule has 0 amide bonds. The second kappa shape index (κ2) is 3.89. The summed E-state index contributed by atoms with van der Waals surface area (Å²) in [6, 6.07) is 6.21. The zero-order valence-corrected chi connectivity index (χ0v) is 10.1. The van der Waals surface area contributed by atoms with Crippen LogP contribution in [-0.4, -0.2) is 19.8 Å². The van der Waals surface area contributed by atoms with E-state index in [9.17, 15) is 4.39 Å². The van der Waals surface area contributed by atoms with E-state index in [4.69, 9.17) is 0 Å². The summed E-state index contributed by atoms with van der Waals surface area (Å²) >= 11 is 3.30. The Hall–Kier alpha value is -1.82. The Bertz CT molecular complexity index is 695. The fraction of sp³-hybridized carbons (Fsp3) is 0. The molecule has 2 heterocycles. The molecule has 0 saturated carbocycles. The van der Waals surface area contributed by atoms with Crippen molar-refractivity contribution >= 4 is 21.6 Å². The molecule has 0 aliphatic carbocycles. The minimum Gasteiger partial charge on any atom is -0.234 e. The number of halogens is 2. The average Bonchev–Trinajstić information content (AvgIpc) is 2.71. The van der Waals surface area contributed by atoms with Crippen LogP contribution in [0.2, 0.25) is 0 Å². The maximum Gasteiger partial charge on any atom is 0.183 e. The highest BCUT2D eigenvalue weighted by Gasteiger charge is 2.10. The molecule has 0 aliphatic heterocycles. The number of hydrogen-bond acceptors (Lipinski definition) is 3. The second-order valence-corrected chi connectivity index (χ2v) is 4.40. The highest BCUT2D eigenvalue weighted by molar-refractivity contribution is 9.10. The highest BCUT2D eigenvalue weighted by Crippen LogP contribution is 2.22. The molecule has 2 aromatic heterocycles. The van der Waals surface area contributed by atoms with Crippen LogP contribution in [-0.2, 0) is 0 Å². The summed E-state index contributed by atoms with van der Waals surface area (Å²) in [6.07, 6.45) is 3.40. The van der Waals surface area contributed by atoms with Crippen LogP contribution in [0.5, 0.6) is 0 Å². The minimum atomic E-state index is -0.305. The van der Waals surface area contributed by atoms with Gasteiger partial charge in [-0.15, -0.1) is 5.10 Å². The van der Waals surface area contributed by atoms with E-state index in [0.717, 1.165) is 4.47 Å². The molecule has 0 atom stereocenters. The van der Waals surface area contributed by atoms with E-state index in [2.05, 4.69) is 31.2 Å². The summed E-state index contributed by atoms with van der Waals surface area (Å²) < 4.78 is 15.5. The molecule has 0 saturated heterocycles. The molecule has 0 N–H and O–H groups in total. The van der Waals surface area contributed by atoms with Crippen LogP contribution in [0.4, 0.5) is 4.39 Å². The summed E-state index contributed by atoms with van der Waals surface area (Å²) in [6.45, 7) is 0. The predicted octanol–water partition coefficient (Wildman–Crippen LogP) is 2.69. The molecule has 0 bridgehead atoms. The standard InChI is InChI=1S/C11H6BrFN4/c12-8-5-14-11-10(15-16-17(11)6-8)7-2-1-3-9(13)4-7/h1-6H. The Labute approximate surface area is 104 Å². The number of hydrogen-bond donors (Lipinski definition) is 0. The molecule has 0 radical (unpaired) electrons. The molecule has 1 aromatic carbocycles. The molecule has 0 aliphatic rings. The van der Waals surface area contributed by atoms with Crippen molar-refractivity contribution in [2.75, 3.05) is 0 Å². The topological polar surface area (TPSA) is 43.1 Å². The van der Waals surface area contributed by atoms with Gasteiger partial charge in [-0.2, -0.15) is 0 Å². The van der Waals surface area contributed by atoms with E-state index in [1.807, 2.05) is 0 Å². The Kier molecular flexibility index (Phi) is 2.36. The van der Waals surface area contributed by atoms with Gasteiger partial charge in [0.2, 0.25) is 0 Å². The maximum absolute atomic E-state index is 13.1. The van der Waals surface area contributed by atoms with Crippen LogP contribution in [0, 0.1) is 5.82 Å². The van der Waals surface area contributed by atoms with Crippen LogP contribution in [0.1, 0.15) is 0 Å². The smallest absolute Gasteiger partial charge is 0.183 e. The molecule has 3 aromatic rings. The second-order valence-electron chi connectivity index (χ2n) is 3.49. The molecule has 17 heavy (non-hydrogen) atoms. The summed E-state index contributed by atoms with van der Waals surface area (Å²) in [5, 5.41) is 7.95. The van der Waals surface area contributed by atoms with Crippen LogP contribution >= 0.6 is 15.9 Å². The predicted molar refractivity (Wildman–Crippen MR) is 63.9 cm³/mol. The summed E-state index contributed by atoms with van der Waals surface area (Å²) in [4.78, 5) is 4.22. The van der Waals surface area contributed by atoms with Gasteiger partial charge in [0.25, 0.3) is 0 Å². The van der Waals surface area contributed by atoms with Gasteiger partial charge in [0.05, 0.1) is 4.47 Å². The van der Waals surface area contributed by atoms with Gasteiger partial charge in [-0.3, -0.25) is 0 Å². The van der Waals surface area contributed by atoms with Crippen molar-refractivity contribution in [3.8, 4) is 11.3 Å². The van der Waals surface area contributed by atoms with Gasteiger partial charge >= 0.3 is 0 Å². The molecule has 0 unspecified atom stereocenters. The van der Waals surface area contributed by atoms with E-state index >= 15 is 0 Å². The third-order valence-electron chi connectivity index (χ3n) is 2.32. The van der Waals surface area contributed by atoms with Crippen LogP contribution in [0.25, 0.3) is 16.9 Å². The van der Waals surface area contributed by atoms with E-state index in [1.54, 1.807) is 29.0 Å². The van der Waals surface area contributed by atoms with Crippen molar-refractivity contribution in [1.82, 2.24) is 19.8 Å². The van der Waals surface area contributed by atoms with Gasteiger partial charge in [0.1, 0.15) is 11.5 Å². The Balaban J connectivity index is 2.24.